The number of thioether (sulfide) groups is 1. The van der Waals surface area contributed by atoms with Crippen LogP contribution in [-0.4, -0.2) is 19.7 Å². The molecule has 0 spiro atoms. The van der Waals surface area contributed by atoms with E-state index in [4.69, 9.17) is 16.0 Å². The van der Waals surface area contributed by atoms with Crippen molar-refractivity contribution in [2.24, 2.45) is 0 Å². The van der Waals surface area contributed by atoms with Gasteiger partial charge in [-0.25, -0.2) is 4.98 Å². The largest absolute Gasteiger partial charge is 0.444 e. The summed E-state index contributed by atoms with van der Waals surface area (Å²) in [6.45, 7) is 0. The van der Waals surface area contributed by atoms with Crippen molar-refractivity contribution in [1.82, 2.24) is 19.7 Å². The summed E-state index contributed by atoms with van der Waals surface area (Å²) in [7, 11) is 0. The minimum Gasteiger partial charge on any atom is -0.444 e. The highest BCUT2D eigenvalue weighted by Crippen LogP contribution is 2.46. The fraction of sp³-hybridized carbons (Fsp3) is 0.389. The van der Waals surface area contributed by atoms with E-state index in [9.17, 15) is 0 Å². The van der Waals surface area contributed by atoms with Gasteiger partial charge in [0.2, 0.25) is 5.89 Å². The molecule has 5 rings (SSSR count). The summed E-state index contributed by atoms with van der Waals surface area (Å²) in [6.07, 6.45) is 6.72. The molecule has 0 atom stereocenters. The van der Waals surface area contributed by atoms with Gasteiger partial charge in [-0.3, -0.25) is 0 Å². The number of hydrogen-bond donors (Lipinski definition) is 0. The van der Waals surface area contributed by atoms with Gasteiger partial charge in [0.05, 0.1) is 5.69 Å². The highest BCUT2D eigenvalue weighted by molar-refractivity contribution is 7.98. The van der Waals surface area contributed by atoms with Crippen molar-refractivity contribution in [3.63, 3.8) is 0 Å². The molecule has 0 aliphatic heterocycles. The van der Waals surface area contributed by atoms with Crippen molar-refractivity contribution < 1.29 is 4.42 Å². The summed E-state index contributed by atoms with van der Waals surface area (Å²) in [5, 5.41) is 10.6. The van der Waals surface area contributed by atoms with Gasteiger partial charge in [-0.2, -0.15) is 0 Å². The van der Waals surface area contributed by atoms with Crippen LogP contribution in [0.15, 0.2) is 40.1 Å². The number of oxazole rings is 1. The van der Waals surface area contributed by atoms with Crippen molar-refractivity contribution in [2.45, 2.75) is 48.6 Å². The second kappa shape index (κ2) is 6.18. The number of halogens is 1. The number of aromatic nitrogens is 4. The van der Waals surface area contributed by atoms with Crippen molar-refractivity contribution in [3.05, 3.63) is 47.1 Å². The average molecular weight is 373 g/mol. The maximum Gasteiger partial charge on any atom is 0.226 e. The first-order valence-corrected chi connectivity index (χ1v) is 9.92. The van der Waals surface area contributed by atoms with E-state index < -0.39 is 0 Å². The average Bonchev–Trinajstić information content (AvgIpc) is 3.55. The SMILES string of the molecule is Clc1ccc(-c2nc(CSc3nnc(C4CC4)n3C3CC3)co2)cc1. The summed E-state index contributed by atoms with van der Waals surface area (Å²) in [5.41, 5.74) is 1.84. The van der Waals surface area contributed by atoms with E-state index >= 15 is 0 Å². The number of benzene rings is 1. The highest BCUT2D eigenvalue weighted by Gasteiger charge is 2.36. The Morgan fingerprint density at radius 2 is 1.92 bits per heavy atom. The van der Waals surface area contributed by atoms with E-state index in [-0.39, 0.29) is 0 Å². The Bertz CT molecular complexity index is 896. The summed E-state index contributed by atoms with van der Waals surface area (Å²) >= 11 is 7.62. The monoisotopic (exact) mass is 372 g/mol. The molecule has 0 bridgehead atoms. The van der Waals surface area contributed by atoms with Gasteiger partial charge in [0.15, 0.2) is 5.16 Å². The zero-order valence-corrected chi connectivity index (χ0v) is 15.1. The van der Waals surface area contributed by atoms with E-state index in [1.165, 1.54) is 31.5 Å². The van der Waals surface area contributed by atoms with Crippen LogP contribution in [0.2, 0.25) is 5.02 Å². The Hall–Kier alpha value is -1.79. The fourth-order valence-corrected chi connectivity index (χ4v) is 3.94. The highest BCUT2D eigenvalue weighted by atomic mass is 35.5. The summed E-state index contributed by atoms with van der Waals surface area (Å²) in [5.74, 6) is 3.17. The van der Waals surface area contributed by atoms with Gasteiger partial charge in [-0.1, -0.05) is 23.4 Å². The van der Waals surface area contributed by atoms with Gasteiger partial charge in [-0.15, -0.1) is 10.2 Å². The predicted molar refractivity (Wildman–Crippen MR) is 96.8 cm³/mol. The molecule has 3 aromatic rings. The first-order chi connectivity index (χ1) is 12.3. The van der Waals surface area contributed by atoms with Crippen LogP contribution >= 0.6 is 23.4 Å². The van der Waals surface area contributed by atoms with Crippen molar-refractivity contribution in [1.29, 1.82) is 0 Å². The van der Waals surface area contributed by atoms with Crippen LogP contribution in [-0.2, 0) is 5.75 Å². The minimum absolute atomic E-state index is 0.607. The molecule has 2 aliphatic rings. The zero-order valence-electron chi connectivity index (χ0n) is 13.6. The maximum atomic E-state index is 5.93. The van der Waals surface area contributed by atoms with Crippen molar-refractivity contribution in [2.75, 3.05) is 0 Å². The van der Waals surface area contributed by atoms with Gasteiger partial charge in [0.25, 0.3) is 0 Å². The molecule has 2 saturated carbocycles. The Kier molecular flexibility index (Phi) is 3.82. The van der Waals surface area contributed by atoms with E-state index in [0.29, 0.717) is 22.9 Å². The van der Waals surface area contributed by atoms with Crippen LogP contribution in [0.25, 0.3) is 11.5 Å². The van der Waals surface area contributed by atoms with Crippen LogP contribution in [0.1, 0.15) is 49.2 Å². The van der Waals surface area contributed by atoms with Crippen molar-refractivity contribution in [3.8, 4) is 11.5 Å². The van der Waals surface area contributed by atoms with Crippen LogP contribution in [0.3, 0.4) is 0 Å². The molecule has 0 unspecified atom stereocenters. The lowest BCUT2D eigenvalue weighted by Crippen LogP contribution is -2.01. The molecule has 0 N–H and O–H groups in total. The molecule has 0 radical (unpaired) electrons. The van der Waals surface area contributed by atoms with Gasteiger partial charge < -0.3 is 8.98 Å². The van der Waals surface area contributed by atoms with Gasteiger partial charge in [0.1, 0.15) is 12.1 Å². The third-order valence-electron chi connectivity index (χ3n) is 4.54. The maximum absolute atomic E-state index is 5.93. The number of hydrogen-bond acceptors (Lipinski definition) is 5. The summed E-state index contributed by atoms with van der Waals surface area (Å²) < 4.78 is 7.98. The van der Waals surface area contributed by atoms with Gasteiger partial charge >= 0.3 is 0 Å². The van der Waals surface area contributed by atoms with Crippen molar-refractivity contribution >= 4 is 23.4 Å². The molecule has 2 aliphatic carbocycles. The third-order valence-corrected chi connectivity index (χ3v) is 5.77. The summed E-state index contributed by atoms with van der Waals surface area (Å²) in [4.78, 5) is 4.58. The van der Waals surface area contributed by atoms with Crippen LogP contribution < -0.4 is 0 Å². The molecule has 0 saturated heterocycles. The number of nitrogens with zero attached hydrogens (tertiary/aromatic N) is 4. The third kappa shape index (κ3) is 3.20. The smallest absolute Gasteiger partial charge is 0.226 e. The quantitative estimate of drug-likeness (QED) is 0.564. The molecule has 2 heterocycles. The first-order valence-electron chi connectivity index (χ1n) is 8.56. The normalized spacial score (nSPS) is 17.2. The molecule has 1 aromatic carbocycles. The van der Waals surface area contributed by atoms with E-state index in [2.05, 4.69) is 19.7 Å². The Labute approximate surface area is 154 Å². The molecular weight excluding hydrogens is 356 g/mol. The molecule has 2 fully saturated rings. The second-order valence-corrected chi connectivity index (χ2v) is 8.03. The van der Waals surface area contributed by atoms with Crippen LogP contribution in [0.4, 0.5) is 0 Å². The lowest BCUT2D eigenvalue weighted by atomic mass is 10.2. The van der Waals surface area contributed by atoms with Crippen LogP contribution in [0.5, 0.6) is 0 Å². The van der Waals surface area contributed by atoms with E-state index in [0.717, 1.165) is 22.2 Å². The molecule has 25 heavy (non-hydrogen) atoms. The second-order valence-electron chi connectivity index (χ2n) is 6.66. The summed E-state index contributed by atoms with van der Waals surface area (Å²) in [6, 6.07) is 8.11. The lowest BCUT2D eigenvalue weighted by molar-refractivity contribution is 0.573. The standard InChI is InChI=1S/C18H17ClN4OS/c19-13-5-3-12(4-6-13)17-20-14(9-24-17)10-25-18-22-21-16(11-1-2-11)23(18)15-7-8-15/h3-6,9,11,15H,1-2,7-8,10H2. The Morgan fingerprint density at radius 3 is 2.64 bits per heavy atom. The molecule has 7 heteroatoms. The first kappa shape index (κ1) is 15.5. The number of rotatable bonds is 6. The molecule has 0 amide bonds. The lowest BCUT2D eigenvalue weighted by Gasteiger charge is -2.07. The predicted octanol–water partition coefficient (Wildman–Crippen LogP) is 5.09. The molecular formula is C18H17ClN4OS. The minimum atomic E-state index is 0.607. The Morgan fingerprint density at radius 1 is 1.12 bits per heavy atom. The van der Waals surface area contributed by atoms with Gasteiger partial charge in [0, 0.05) is 28.3 Å². The van der Waals surface area contributed by atoms with E-state index in [1.807, 2.05) is 24.3 Å². The Balaban J connectivity index is 1.31. The topological polar surface area (TPSA) is 56.7 Å². The zero-order chi connectivity index (χ0) is 16.8. The van der Waals surface area contributed by atoms with E-state index in [1.54, 1.807) is 18.0 Å². The molecule has 2 aromatic heterocycles. The van der Waals surface area contributed by atoms with Crippen LogP contribution in [0, 0.1) is 0 Å². The van der Waals surface area contributed by atoms with Gasteiger partial charge in [-0.05, 0) is 49.9 Å². The molecule has 128 valence electrons. The fourth-order valence-electron chi connectivity index (χ4n) is 2.92. The molecule has 5 nitrogen and oxygen atoms in total.